The molecular weight excluding hydrogens is 214 g/mol. The number of hydrogen-bond donors (Lipinski definition) is 1. The van der Waals surface area contributed by atoms with E-state index in [0.29, 0.717) is 12.6 Å². The number of aryl methyl sites for hydroxylation is 1. The number of hydrogen-bond acceptors (Lipinski definition) is 4. The van der Waals surface area contributed by atoms with Gasteiger partial charge in [0.05, 0.1) is 0 Å². The molecule has 4 nitrogen and oxygen atoms in total. The second-order valence-corrected chi connectivity index (χ2v) is 3.78. The summed E-state index contributed by atoms with van der Waals surface area (Å²) >= 11 is 0. The monoisotopic (exact) mass is 229 g/mol. The second-order valence-electron chi connectivity index (χ2n) is 3.78. The van der Waals surface area contributed by atoms with E-state index in [4.69, 9.17) is 10.5 Å². The smallest absolute Gasteiger partial charge is 0.321 e. The fourth-order valence-electron chi connectivity index (χ4n) is 1.46. The first-order valence-corrected chi connectivity index (χ1v) is 5.54. The van der Waals surface area contributed by atoms with Gasteiger partial charge in [0.1, 0.15) is 5.75 Å². The Balaban J connectivity index is 2.11. The zero-order valence-corrected chi connectivity index (χ0v) is 9.76. The molecule has 2 aromatic rings. The van der Waals surface area contributed by atoms with Crippen LogP contribution in [0.15, 0.2) is 36.7 Å². The lowest BCUT2D eigenvalue weighted by Crippen LogP contribution is -2.03. The predicted molar refractivity (Wildman–Crippen MR) is 66.0 cm³/mol. The molecule has 0 saturated carbocycles. The first kappa shape index (κ1) is 11.5. The van der Waals surface area contributed by atoms with Crippen molar-refractivity contribution >= 4 is 0 Å². The molecule has 0 amide bonds. The van der Waals surface area contributed by atoms with E-state index in [0.717, 1.165) is 23.3 Å². The van der Waals surface area contributed by atoms with Gasteiger partial charge in [-0.3, -0.25) is 0 Å². The molecule has 4 heteroatoms. The predicted octanol–water partition coefficient (Wildman–Crippen LogP) is 2.08. The van der Waals surface area contributed by atoms with Crippen molar-refractivity contribution in [1.82, 2.24) is 9.97 Å². The summed E-state index contributed by atoms with van der Waals surface area (Å²) in [4.78, 5) is 8.29. The summed E-state index contributed by atoms with van der Waals surface area (Å²) in [7, 11) is 0. The first-order valence-electron chi connectivity index (χ1n) is 5.54. The molecule has 0 fully saturated rings. The minimum atomic E-state index is 0.361. The quantitative estimate of drug-likeness (QED) is 0.872. The van der Waals surface area contributed by atoms with Gasteiger partial charge in [-0.1, -0.05) is 18.2 Å². The summed E-state index contributed by atoms with van der Waals surface area (Å²) in [5, 5.41) is 0. The van der Waals surface area contributed by atoms with Crippen LogP contribution in [0.5, 0.6) is 11.8 Å². The Labute approximate surface area is 100 Å². The van der Waals surface area contributed by atoms with E-state index in [1.54, 1.807) is 12.4 Å². The Morgan fingerprint density at radius 2 is 1.88 bits per heavy atom. The fourth-order valence-corrected chi connectivity index (χ4v) is 1.46. The Kier molecular flexibility index (Phi) is 3.67. The molecule has 0 atom stereocenters. The zero-order valence-electron chi connectivity index (χ0n) is 9.76. The molecular formula is C13H15N3O. The van der Waals surface area contributed by atoms with Crippen LogP contribution in [0.25, 0.3) is 0 Å². The van der Waals surface area contributed by atoms with Gasteiger partial charge < -0.3 is 10.5 Å². The number of nitrogens with zero attached hydrogens (tertiary/aromatic N) is 2. The largest absolute Gasteiger partial charge is 0.424 e. The molecule has 0 radical (unpaired) electrons. The van der Waals surface area contributed by atoms with Crippen molar-refractivity contribution in [2.75, 3.05) is 6.54 Å². The van der Waals surface area contributed by atoms with Gasteiger partial charge in [-0.15, -0.1) is 0 Å². The fraction of sp³-hybridized carbons (Fsp3) is 0.231. The molecule has 0 spiro atoms. The van der Waals surface area contributed by atoms with E-state index in [1.807, 2.05) is 31.2 Å². The van der Waals surface area contributed by atoms with E-state index >= 15 is 0 Å². The summed E-state index contributed by atoms with van der Waals surface area (Å²) in [5.41, 5.74) is 7.53. The van der Waals surface area contributed by atoms with Crippen LogP contribution in [-0.4, -0.2) is 16.5 Å². The van der Waals surface area contributed by atoms with Crippen LogP contribution in [0.4, 0.5) is 0 Å². The van der Waals surface area contributed by atoms with Crippen molar-refractivity contribution < 1.29 is 4.74 Å². The SMILES string of the molecule is Cc1ccccc1Oc1ncc(CCN)cn1. The van der Waals surface area contributed by atoms with Crippen LogP contribution in [0.1, 0.15) is 11.1 Å². The van der Waals surface area contributed by atoms with Gasteiger partial charge >= 0.3 is 6.01 Å². The minimum absolute atomic E-state index is 0.361. The highest BCUT2D eigenvalue weighted by atomic mass is 16.5. The van der Waals surface area contributed by atoms with Gasteiger partial charge in [0.2, 0.25) is 0 Å². The number of benzene rings is 1. The average Bonchev–Trinajstić information content (AvgIpc) is 2.35. The summed E-state index contributed by atoms with van der Waals surface area (Å²) in [6.07, 6.45) is 4.27. The second kappa shape index (κ2) is 5.41. The minimum Gasteiger partial charge on any atom is -0.424 e. The van der Waals surface area contributed by atoms with E-state index in [1.165, 1.54) is 0 Å². The third-order valence-electron chi connectivity index (χ3n) is 2.41. The zero-order chi connectivity index (χ0) is 12.1. The van der Waals surface area contributed by atoms with Crippen LogP contribution in [0.3, 0.4) is 0 Å². The first-order chi connectivity index (χ1) is 8.29. The third-order valence-corrected chi connectivity index (χ3v) is 2.41. The Morgan fingerprint density at radius 3 is 2.53 bits per heavy atom. The van der Waals surface area contributed by atoms with E-state index in [2.05, 4.69) is 9.97 Å². The maximum atomic E-state index is 5.59. The van der Waals surface area contributed by atoms with Gasteiger partial charge in [0.25, 0.3) is 0 Å². The van der Waals surface area contributed by atoms with Crippen molar-refractivity contribution in [3.63, 3.8) is 0 Å². The Hall–Kier alpha value is -1.94. The van der Waals surface area contributed by atoms with E-state index in [9.17, 15) is 0 Å². The molecule has 0 bridgehead atoms. The van der Waals surface area contributed by atoms with Crippen LogP contribution in [0, 0.1) is 6.92 Å². The molecule has 2 rings (SSSR count). The van der Waals surface area contributed by atoms with E-state index < -0.39 is 0 Å². The molecule has 1 aromatic carbocycles. The van der Waals surface area contributed by atoms with Crippen molar-refractivity contribution in [3.8, 4) is 11.8 Å². The number of rotatable bonds is 4. The van der Waals surface area contributed by atoms with Crippen molar-refractivity contribution in [1.29, 1.82) is 0 Å². The summed E-state index contributed by atoms with van der Waals surface area (Å²) < 4.78 is 5.59. The summed E-state index contributed by atoms with van der Waals surface area (Å²) in [6.45, 7) is 2.58. The molecule has 0 aliphatic rings. The molecule has 0 saturated heterocycles. The molecule has 1 heterocycles. The maximum absolute atomic E-state index is 5.59. The molecule has 2 N–H and O–H groups in total. The lowest BCUT2D eigenvalue weighted by Gasteiger charge is -2.06. The molecule has 0 unspecified atom stereocenters. The van der Waals surface area contributed by atoms with E-state index in [-0.39, 0.29) is 0 Å². The van der Waals surface area contributed by atoms with Gasteiger partial charge in [-0.05, 0) is 37.1 Å². The maximum Gasteiger partial charge on any atom is 0.321 e. The molecule has 0 aliphatic heterocycles. The number of ether oxygens (including phenoxy) is 1. The standard InChI is InChI=1S/C13H15N3O/c1-10-4-2-3-5-12(10)17-13-15-8-11(6-7-14)9-16-13/h2-5,8-9H,6-7,14H2,1H3. The van der Waals surface area contributed by atoms with Gasteiger partial charge in [-0.25, -0.2) is 9.97 Å². The number of nitrogens with two attached hydrogens (primary N) is 1. The summed E-state index contributed by atoms with van der Waals surface area (Å²) in [6, 6.07) is 8.13. The Morgan fingerprint density at radius 1 is 1.18 bits per heavy atom. The van der Waals surface area contributed by atoms with Gasteiger partial charge in [0.15, 0.2) is 0 Å². The topological polar surface area (TPSA) is 61.0 Å². The molecule has 88 valence electrons. The lowest BCUT2D eigenvalue weighted by atomic mass is 10.2. The van der Waals surface area contributed by atoms with Gasteiger partial charge in [0, 0.05) is 12.4 Å². The van der Waals surface area contributed by atoms with Crippen molar-refractivity contribution in [2.24, 2.45) is 5.73 Å². The van der Waals surface area contributed by atoms with Crippen molar-refractivity contribution in [3.05, 3.63) is 47.8 Å². The normalized spacial score (nSPS) is 10.2. The van der Waals surface area contributed by atoms with Crippen LogP contribution >= 0.6 is 0 Å². The molecule has 1 aromatic heterocycles. The van der Waals surface area contributed by atoms with Crippen molar-refractivity contribution in [2.45, 2.75) is 13.3 Å². The average molecular weight is 229 g/mol. The number of para-hydroxylation sites is 1. The lowest BCUT2D eigenvalue weighted by molar-refractivity contribution is 0.438. The highest BCUT2D eigenvalue weighted by Gasteiger charge is 2.02. The molecule has 17 heavy (non-hydrogen) atoms. The van der Waals surface area contributed by atoms with Gasteiger partial charge in [-0.2, -0.15) is 0 Å². The highest BCUT2D eigenvalue weighted by molar-refractivity contribution is 5.33. The van der Waals surface area contributed by atoms with Crippen LogP contribution in [-0.2, 0) is 6.42 Å². The third kappa shape index (κ3) is 3.01. The molecule has 0 aliphatic carbocycles. The Bertz CT molecular complexity index is 482. The van der Waals surface area contributed by atoms with Crippen LogP contribution < -0.4 is 10.5 Å². The summed E-state index contributed by atoms with van der Waals surface area (Å²) in [5.74, 6) is 0.777. The number of aromatic nitrogens is 2. The highest BCUT2D eigenvalue weighted by Crippen LogP contribution is 2.21. The van der Waals surface area contributed by atoms with Crippen LogP contribution in [0.2, 0.25) is 0 Å².